The van der Waals surface area contributed by atoms with Gasteiger partial charge in [-0.1, -0.05) is 13.0 Å². The Balaban J connectivity index is 1.49. The molecule has 0 radical (unpaired) electrons. The van der Waals surface area contributed by atoms with E-state index in [0.717, 1.165) is 30.5 Å². The number of hydrogen-bond acceptors (Lipinski definition) is 6. The Morgan fingerprint density at radius 2 is 2.13 bits per heavy atom. The molecule has 3 rings (SSSR count). The van der Waals surface area contributed by atoms with Crippen LogP contribution in [0.5, 0.6) is 0 Å². The molecule has 158 valence electrons. The van der Waals surface area contributed by atoms with Gasteiger partial charge in [0.15, 0.2) is 0 Å². The minimum Gasteiger partial charge on any atom is -0.317 e. The number of hydrogen-bond donors (Lipinski definition) is 2. The van der Waals surface area contributed by atoms with Crippen molar-refractivity contribution < 1.29 is 9.59 Å². The molecule has 0 saturated carbocycles. The normalized spacial score (nSPS) is 15.4. The van der Waals surface area contributed by atoms with E-state index in [9.17, 15) is 14.9 Å². The van der Waals surface area contributed by atoms with Crippen LogP contribution in [-0.4, -0.2) is 41.8 Å². The number of anilines is 2. The number of aryl methyl sites for hydroxylation is 1. The van der Waals surface area contributed by atoms with Crippen molar-refractivity contribution in [3.8, 4) is 6.07 Å². The van der Waals surface area contributed by atoms with Crippen LogP contribution in [0.1, 0.15) is 41.5 Å². The number of nitriles is 1. The van der Waals surface area contributed by atoms with E-state index in [2.05, 4.69) is 28.6 Å². The highest BCUT2D eigenvalue weighted by Crippen LogP contribution is 2.39. The molecule has 0 aromatic carbocycles. The van der Waals surface area contributed by atoms with Gasteiger partial charge in [-0.05, 0) is 56.8 Å². The predicted octanol–water partition coefficient (Wildman–Crippen LogP) is 3.35. The zero-order valence-corrected chi connectivity index (χ0v) is 18.4. The average Bonchev–Trinajstić information content (AvgIpc) is 3.02. The number of nitrogens with one attached hydrogen (secondary N) is 2. The van der Waals surface area contributed by atoms with Crippen molar-refractivity contribution in [3.05, 3.63) is 39.9 Å². The number of aromatic nitrogens is 1. The average molecular weight is 426 g/mol. The number of pyridine rings is 1. The minimum absolute atomic E-state index is 0.147. The van der Waals surface area contributed by atoms with Gasteiger partial charge in [-0.15, -0.1) is 11.3 Å². The minimum atomic E-state index is -0.178. The molecular weight excluding hydrogens is 398 g/mol. The van der Waals surface area contributed by atoms with E-state index >= 15 is 0 Å². The van der Waals surface area contributed by atoms with Gasteiger partial charge in [0.25, 0.3) is 0 Å². The molecule has 7 nitrogen and oxygen atoms in total. The Kier molecular flexibility index (Phi) is 7.19. The third-order valence-corrected chi connectivity index (χ3v) is 6.34. The molecule has 8 heteroatoms. The Hall–Kier alpha value is -2.76. The third kappa shape index (κ3) is 5.65. The Morgan fingerprint density at radius 3 is 2.87 bits per heavy atom. The van der Waals surface area contributed by atoms with E-state index in [1.54, 1.807) is 18.0 Å². The zero-order valence-electron chi connectivity index (χ0n) is 17.6. The van der Waals surface area contributed by atoms with Gasteiger partial charge in [0.05, 0.1) is 12.1 Å². The summed E-state index contributed by atoms with van der Waals surface area (Å²) in [6.45, 7) is 4.68. The fourth-order valence-corrected chi connectivity index (χ4v) is 4.94. The highest BCUT2D eigenvalue weighted by molar-refractivity contribution is 7.16. The molecule has 0 fully saturated rings. The van der Waals surface area contributed by atoms with Crippen molar-refractivity contribution in [2.75, 3.05) is 30.8 Å². The second-order valence-electron chi connectivity index (χ2n) is 7.92. The topological polar surface area (TPSA) is 98.1 Å². The summed E-state index contributed by atoms with van der Waals surface area (Å²) >= 11 is 1.53. The van der Waals surface area contributed by atoms with E-state index in [0.29, 0.717) is 28.8 Å². The van der Waals surface area contributed by atoms with E-state index < -0.39 is 0 Å². The molecule has 2 heterocycles. The molecule has 0 aliphatic heterocycles. The zero-order chi connectivity index (χ0) is 21.7. The highest BCUT2D eigenvalue weighted by atomic mass is 32.1. The molecule has 0 bridgehead atoms. The lowest BCUT2D eigenvalue weighted by Gasteiger charge is -2.17. The van der Waals surface area contributed by atoms with Crippen LogP contribution in [0.4, 0.5) is 10.8 Å². The van der Waals surface area contributed by atoms with Crippen LogP contribution in [0.3, 0.4) is 0 Å². The first-order chi connectivity index (χ1) is 14.4. The van der Waals surface area contributed by atoms with Gasteiger partial charge in [0.2, 0.25) is 11.8 Å². The summed E-state index contributed by atoms with van der Waals surface area (Å²) in [5.74, 6) is 0.806. The SMILES string of the molecule is Cc1cccc(NC(=O)CN(C)CCC(=O)Nc2sc3c(c2C#N)CCC(C)C3)n1. The van der Waals surface area contributed by atoms with Crippen molar-refractivity contribution in [1.29, 1.82) is 5.26 Å². The second kappa shape index (κ2) is 9.83. The molecule has 2 amide bonds. The van der Waals surface area contributed by atoms with Gasteiger partial charge >= 0.3 is 0 Å². The van der Waals surface area contributed by atoms with Crippen molar-refractivity contribution >= 4 is 34.0 Å². The number of nitrogens with zero attached hydrogens (tertiary/aromatic N) is 3. The molecule has 2 aromatic rings. The monoisotopic (exact) mass is 425 g/mol. The van der Waals surface area contributed by atoms with Gasteiger partial charge in [-0.2, -0.15) is 5.26 Å². The van der Waals surface area contributed by atoms with Gasteiger partial charge in [0.1, 0.15) is 16.9 Å². The van der Waals surface area contributed by atoms with Crippen LogP contribution in [-0.2, 0) is 22.4 Å². The molecule has 0 spiro atoms. The molecule has 1 atom stereocenters. The first-order valence-corrected chi connectivity index (χ1v) is 10.9. The number of fused-ring (bicyclic) bond motifs is 1. The maximum absolute atomic E-state index is 12.4. The predicted molar refractivity (Wildman–Crippen MR) is 119 cm³/mol. The summed E-state index contributed by atoms with van der Waals surface area (Å²) in [6.07, 6.45) is 3.20. The lowest BCUT2D eigenvalue weighted by Crippen LogP contribution is -2.32. The summed E-state index contributed by atoms with van der Waals surface area (Å²) in [4.78, 5) is 31.9. The number of thiophene rings is 1. The summed E-state index contributed by atoms with van der Waals surface area (Å²) in [5, 5.41) is 15.9. The molecule has 2 N–H and O–H groups in total. The van der Waals surface area contributed by atoms with E-state index in [1.807, 2.05) is 19.1 Å². The molecule has 1 unspecified atom stereocenters. The van der Waals surface area contributed by atoms with Crippen LogP contribution in [0.2, 0.25) is 0 Å². The van der Waals surface area contributed by atoms with Crippen LogP contribution in [0, 0.1) is 24.2 Å². The molecule has 1 aliphatic carbocycles. The summed E-state index contributed by atoms with van der Waals surface area (Å²) < 4.78 is 0. The maximum Gasteiger partial charge on any atom is 0.239 e. The van der Waals surface area contributed by atoms with Crippen LogP contribution < -0.4 is 10.6 Å². The van der Waals surface area contributed by atoms with Crippen LogP contribution in [0.25, 0.3) is 0 Å². The molecule has 30 heavy (non-hydrogen) atoms. The maximum atomic E-state index is 12.4. The number of amides is 2. The van der Waals surface area contributed by atoms with E-state index in [4.69, 9.17) is 0 Å². The fourth-order valence-electron chi connectivity index (χ4n) is 3.56. The second-order valence-corrected chi connectivity index (χ2v) is 9.02. The number of rotatable bonds is 7. The standard InChI is InChI=1S/C22H27N5O2S/c1-14-7-8-16-17(12-23)22(30-18(16)11-14)26-20(28)9-10-27(3)13-21(29)25-19-6-4-5-15(2)24-19/h4-6,14H,7-11,13H2,1-3H3,(H,26,28)(H,24,25,29). The highest BCUT2D eigenvalue weighted by Gasteiger charge is 2.24. The third-order valence-electron chi connectivity index (χ3n) is 5.17. The molecular formula is C22H27N5O2S. The summed E-state index contributed by atoms with van der Waals surface area (Å²) in [6, 6.07) is 7.71. The Labute approximate surface area is 181 Å². The van der Waals surface area contributed by atoms with Crippen molar-refractivity contribution in [3.63, 3.8) is 0 Å². The Morgan fingerprint density at radius 1 is 1.33 bits per heavy atom. The lowest BCUT2D eigenvalue weighted by atomic mass is 9.89. The van der Waals surface area contributed by atoms with Crippen LogP contribution in [0.15, 0.2) is 18.2 Å². The smallest absolute Gasteiger partial charge is 0.239 e. The number of carbonyl (C=O) groups excluding carboxylic acids is 2. The number of likely N-dealkylation sites (N-methyl/N-ethyl adjacent to an activating group) is 1. The molecule has 2 aromatic heterocycles. The largest absolute Gasteiger partial charge is 0.317 e. The van der Waals surface area contributed by atoms with E-state index in [-0.39, 0.29) is 24.8 Å². The molecule has 0 saturated heterocycles. The van der Waals surface area contributed by atoms with Crippen molar-refractivity contribution in [2.24, 2.45) is 5.92 Å². The van der Waals surface area contributed by atoms with Gasteiger partial charge in [-0.3, -0.25) is 14.5 Å². The van der Waals surface area contributed by atoms with Gasteiger partial charge < -0.3 is 10.6 Å². The number of carbonyl (C=O) groups is 2. The fraction of sp³-hybridized carbons (Fsp3) is 0.455. The van der Waals surface area contributed by atoms with E-state index in [1.165, 1.54) is 16.2 Å². The quantitative estimate of drug-likeness (QED) is 0.709. The van der Waals surface area contributed by atoms with Crippen molar-refractivity contribution in [2.45, 2.75) is 39.5 Å². The van der Waals surface area contributed by atoms with Crippen molar-refractivity contribution in [1.82, 2.24) is 9.88 Å². The lowest BCUT2D eigenvalue weighted by molar-refractivity contribution is -0.119. The summed E-state index contributed by atoms with van der Waals surface area (Å²) in [7, 11) is 1.79. The first kappa shape index (κ1) is 21.9. The van der Waals surface area contributed by atoms with Crippen LogP contribution >= 0.6 is 11.3 Å². The van der Waals surface area contributed by atoms with Gasteiger partial charge in [0, 0.05) is 23.5 Å². The molecule has 1 aliphatic rings. The summed E-state index contributed by atoms with van der Waals surface area (Å²) in [5.41, 5.74) is 2.56. The van der Waals surface area contributed by atoms with Gasteiger partial charge in [-0.25, -0.2) is 4.98 Å². The Bertz CT molecular complexity index is 978. The first-order valence-electron chi connectivity index (χ1n) is 10.1.